The molecule has 1 unspecified atom stereocenters. The molecule has 0 saturated heterocycles. The average molecular weight is 566 g/mol. The molecule has 3 aromatic carbocycles. The number of aromatic nitrogens is 2. The van der Waals surface area contributed by atoms with Gasteiger partial charge in [-0.05, 0) is 67.1 Å². The van der Waals surface area contributed by atoms with E-state index in [4.69, 9.17) is 0 Å². The van der Waals surface area contributed by atoms with Crippen molar-refractivity contribution in [1.82, 2.24) is 14.9 Å². The molecular formula is C27H27N5O5S2. The van der Waals surface area contributed by atoms with Gasteiger partial charge in [0.25, 0.3) is 0 Å². The number of sulfonamides is 1. The molecule has 0 spiro atoms. The highest BCUT2D eigenvalue weighted by molar-refractivity contribution is 7.89. The van der Waals surface area contributed by atoms with Crippen LogP contribution in [-0.2, 0) is 21.2 Å². The number of benzene rings is 3. The maximum absolute atomic E-state index is 13.1. The van der Waals surface area contributed by atoms with Crippen molar-refractivity contribution in [3.8, 4) is 11.1 Å². The SMILES string of the molecule is Cc1cc(C)c(S(=O)(=O)NC(Cc2ccc(-c3cccc(NC(=O)Nc4nncs4)c3)cc2)C(=O)O)c(C)c1. The Morgan fingerprint density at radius 1 is 0.949 bits per heavy atom. The summed E-state index contributed by atoms with van der Waals surface area (Å²) in [4.78, 5) is 24.3. The second-order valence-electron chi connectivity index (χ2n) is 9.04. The molecule has 0 bridgehead atoms. The van der Waals surface area contributed by atoms with Gasteiger partial charge in [-0.1, -0.05) is 65.4 Å². The molecule has 1 aromatic heterocycles. The van der Waals surface area contributed by atoms with Gasteiger partial charge in [0.15, 0.2) is 0 Å². The highest BCUT2D eigenvalue weighted by atomic mass is 32.2. The third kappa shape index (κ3) is 7.05. The van der Waals surface area contributed by atoms with Gasteiger partial charge in [-0.2, -0.15) is 4.72 Å². The van der Waals surface area contributed by atoms with Crippen molar-refractivity contribution >= 4 is 44.2 Å². The highest BCUT2D eigenvalue weighted by Crippen LogP contribution is 2.25. The van der Waals surface area contributed by atoms with Crippen molar-refractivity contribution < 1.29 is 23.1 Å². The van der Waals surface area contributed by atoms with Crippen LogP contribution in [-0.4, -0.2) is 41.8 Å². The molecule has 1 heterocycles. The van der Waals surface area contributed by atoms with Crippen LogP contribution in [0, 0.1) is 20.8 Å². The van der Waals surface area contributed by atoms with Crippen molar-refractivity contribution in [3.63, 3.8) is 0 Å². The molecule has 2 amide bonds. The molecule has 4 aromatic rings. The van der Waals surface area contributed by atoms with Crippen LogP contribution in [0.5, 0.6) is 0 Å². The summed E-state index contributed by atoms with van der Waals surface area (Å²) in [5.74, 6) is -1.27. The number of nitrogens with zero attached hydrogens (tertiary/aromatic N) is 2. The zero-order valence-corrected chi connectivity index (χ0v) is 23.1. The summed E-state index contributed by atoms with van der Waals surface area (Å²) in [6.07, 6.45) is -0.0355. The normalized spacial score (nSPS) is 12.1. The zero-order chi connectivity index (χ0) is 28.2. The first kappa shape index (κ1) is 27.9. The summed E-state index contributed by atoms with van der Waals surface area (Å²) in [6.45, 7) is 5.26. The largest absolute Gasteiger partial charge is 0.480 e. The number of hydrogen-bond donors (Lipinski definition) is 4. The van der Waals surface area contributed by atoms with Gasteiger partial charge in [-0.25, -0.2) is 13.2 Å². The smallest absolute Gasteiger partial charge is 0.325 e. The van der Waals surface area contributed by atoms with E-state index in [1.807, 2.05) is 25.1 Å². The number of rotatable bonds is 9. The molecule has 10 nitrogen and oxygen atoms in total. The lowest BCUT2D eigenvalue weighted by molar-refractivity contribution is -0.138. The number of aryl methyl sites for hydroxylation is 3. The van der Waals surface area contributed by atoms with Gasteiger partial charge in [0.2, 0.25) is 15.2 Å². The number of nitrogens with one attached hydrogen (secondary N) is 3. The van der Waals surface area contributed by atoms with Crippen LogP contribution < -0.4 is 15.4 Å². The number of carboxylic acid groups (broad SMARTS) is 1. The minimum atomic E-state index is -4.06. The predicted molar refractivity (Wildman–Crippen MR) is 151 cm³/mol. The molecule has 1 atom stereocenters. The van der Waals surface area contributed by atoms with Gasteiger partial charge in [-0.3, -0.25) is 10.1 Å². The Morgan fingerprint density at radius 2 is 1.64 bits per heavy atom. The maximum Gasteiger partial charge on any atom is 0.325 e. The number of urea groups is 1. The van der Waals surface area contributed by atoms with Crippen molar-refractivity contribution in [2.24, 2.45) is 0 Å². The summed E-state index contributed by atoms with van der Waals surface area (Å²) >= 11 is 1.20. The van der Waals surface area contributed by atoms with Crippen molar-refractivity contribution in [2.45, 2.75) is 38.1 Å². The van der Waals surface area contributed by atoms with Gasteiger partial charge in [0.05, 0.1) is 4.90 Å². The third-order valence-electron chi connectivity index (χ3n) is 5.90. The van der Waals surface area contributed by atoms with Gasteiger partial charge < -0.3 is 10.4 Å². The minimum absolute atomic E-state index is 0.0355. The summed E-state index contributed by atoms with van der Waals surface area (Å²) in [7, 11) is -4.06. The molecule has 12 heteroatoms. The first-order valence-corrected chi connectivity index (χ1v) is 14.2. The molecule has 202 valence electrons. The van der Waals surface area contributed by atoms with E-state index in [1.54, 1.807) is 56.3 Å². The van der Waals surface area contributed by atoms with Crippen molar-refractivity contribution in [3.05, 3.63) is 88.4 Å². The standard InChI is InChI=1S/C27H27N5O5S2/c1-16-11-17(2)24(18(3)12-16)39(36,37)32-23(25(33)34)13-19-7-9-20(10-8-19)21-5-4-6-22(14-21)29-26(35)30-27-31-28-15-38-27/h4-12,14-15,23,32H,13H2,1-3H3,(H,33,34)(H2,29,30,31,35). The number of anilines is 2. The minimum Gasteiger partial charge on any atom is -0.480 e. The molecule has 39 heavy (non-hydrogen) atoms. The number of amides is 2. The van der Waals surface area contributed by atoms with Crippen LogP contribution in [0.1, 0.15) is 22.3 Å². The van der Waals surface area contributed by atoms with E-state index < -0.39 is 28.1 Å². The molecule has 0 saturated carbocycles. The second kappa shape index (κ2) is 11.7. The van der Waals surface area contributed by atoms with Crippen LogP contribution in [0.25, 0.3) is 11.1 Å². The van der Waals surface area contributed by atoms with Gasteiger partial charge in [-0.15, -0.1) is 10.2 Å². The van der Waals surface area contributed by atoms with Gasteiger partial charge in [0, 0.05) is 5.69 Å². The fourth-order valence-corrected chi connectivity index (χ4v) is 6.43. The Kier molecular flexibility index (Phi) is 8.38. The van der Waals surface area contributed by atoms with Gasteiger partial charge in [0.1, 0.15) is 11.6 Å². The first-order valence-electron chi connectivity index (χ1n) is 11.9. The van der Waals surface area contributed by atoms with Crippen molar-refractivity contribution in [2.75, 3.05) is 10.6 Å². The van der Waals surface area contributed by atoms with Crippen LogP contribution in [0.3, 0.4) is 0 Å². The van der Waals surface area contributed by atoms with E-state index in [2.05, 4.69) is 25.6 Å². The Balaban J connectivity index is 1.46. The summed E-state index contributed by atoms with van der Waals surface area (Å²) in [6, 6.07) is 16.1. The maximum atomic E-state index is 13.1. The molecule has 4 rings (SSSR count). The van der Waals surface area contributed by atoms with E-state index in [1.165, 1.54) is 16.8 Å². The number of carboxylic acids is 1. The van der Waals surface area contributed by atoms with Gasteiger partial charge >= 0.3 is 12.0 Å². The Morgan fingerprint density at radius 3 is 2.26 bits per heavy atom. The van der Waals surface area contributed by atoms with Crippen LogP contribution in [0.4, 0.5) is 15.6 Å². The van der Waals surface area contributed by atoms with E-state index in [0.717, 1.165) is 16.7 Å². The summed E-state index contributed by atoms with van der Waals surface area (Å²) < 4.78 is 28.6. The Bertz CT molecular complexity index is 1580. The van der Waals surface area contributed by atoms with E-state index >= 15 is 0 Å². The topological polar surface area (TPSA) is 150 Å². The second-order valence-corrected chi connectivity index (χ2v) is 11.5. The molecule has 0 aliphatic carbocycles. The molecule has 4 N–H and O–H groups in total. The summed E-state index contributed by atoms with van der Waals surface area (Å²) in [5.41, 5.74) is 6.45. The Hall–Kier alpha value is -4.13. The van der Waals surface area contributed by atoms with Crippen LogP contribution in [0.15, 0.2) is 71.1 Å². The lowest BCUT2D eigenvalue weighted by Crippen LogP contribution is -2.42. The number of hydrogen-bond acceptors (Lipinski definition) is 7. The summed E-state index contributed by atoms with van der Waals surface area (Å²) in [5, 5.41) is 22.9. The third-order valence-corrected chi connectivity index (χ3v) is 8.28. The molecular weight excluding hydrogens is 538 g/mol. The quantitative estimate of drug-likeness (QED) is 0.229. The monoisotopic (exact) mass is 565 g/mol. The Labute approximate surface area is 230 Å². The first-order chi connectivity index (χ1) is 18.5. The molecule has 0 aliphatic rings. The fraction of sp³-hybridized carbons (Fsp3) is 0.185. The number of carbonyl (C=O) groups excluding carboxylic acids is 1. The number of aliphatic carboxylic acids is 1. The lowest BCUT2D eigenvalue weighted by Gasteiger charge is -2.18. The fourth-order valence-electron chi connectivity index (χ4n) is 4.35. The molecule has 0 fully saturated rings. The van der Waals surface area contributed by atoms with E-state index in [9.17, 15) is 23.1 Å². The lowest BCUT2D eigenvalue weighted by atomic mass is 10.0. The molecule has 0 radical (unpaired) electrons. The zero-order valence-electron chi connectivity index (χ0n) is 21.4. The average Bonchev–Trinajstić information content (AvgIpc) is 3.36. The predicted octanol–water partition coefficient (Wildman–Crippen LogP) is 4.75. The van der Waals surface area contributed by atoms with E-state index in [-0.39, 0.29) is 11.3 Å². The van der Waals surface area contributed by atoms with Crippen LogP contribution in [0.2, 0.25) is 0 Å². The number of carbonyl (C=O) groups is 2. The molecule has 0 aliphatic heterocycles. The highest BCUT2D eigenvalue weighted by Gasteiger charge is 2.28. The van der Waals surface area contributed by atoms with E-state index in [0.29, 0.717) is 27.5 Å². The van der Waals surface area contributed by atoms with Crippen molar-refractivity contribution in [1.29, 1.82) is 0 Å². The van der Waals surface area contributed by atoms with Crippen LogP contribution >= 0.6 is 11.3 Å².